The maximum Gasteiger partial charge on any atom is 0.305 e. The largest absolute Gasteiger partial charge is 0.463 e. The first-order valence-corrected chi connectivity index (χ1v) is 5.45. The predicted molar refractivity (Wildman–Crippen MR) is 60.6 cm³/mol. The van der Waals surface area contributed by atoms with E-state index in [0.717, 1.165) is 12.8 Å². The summed E-state index contributed by atoms with van der Waals surface area (Å²) in [6.45, 7) is 3.75. The second kappa shape index (κ2) is 6.23. The number of esters is 1. The van der Waals surface area contributed by atoms with E-state index in [0.29, 0.717) is 6.42 Å². The molecule has 0 radical (unpaired) electrons. The first kappa shape index (κ1) is 11.8. The molecule has 0 amide bonds. The van der Waals surface area contributed by atoms with E-state index in [2.05, 4.69) is 12.1 Å². The molecule has 1 aromatic carbocycles. The molecule has 0 fully saturated rings. The van der Waals surface area contributed by atoms with Gasteiger partial charge in [0, 0.05) is 6.42 Å². The fourth-order valence-electron chi connectivity index (χ4n) is 1.38. The van der Waals surface area contributed by atoms with Crippen molar-refractivity contribution in [2.24, 2.45) is 0 Å². The van der Waals surface area contributed by atoms with Crippen LogP contribution in [0.5, 0.6) is 0 Å². The zero-order valence-corrected chi connectivity index (χ0v) is 9.40. The Hall–Kier alpha value is -1.31. The molecule has 0 aliphatic carbocycles. The Morgan fingerprint density at radius 2 is 2.00 bits per heavy atom. The standard InChI is InChI=1S/C13H18O2/c1-3-13(14)15-11(2)9-10-12-7-5-4-6-8-12/h4-8,11H,3,9-10H2,1-2H3. The third kappa shape index (κ3) is 4.63. The maximum absolute atomic E-state index is 11.0. The van der Waals surface area contributed by atoms with Crippen LogP contribution in [0.2, 0.25) is 0 Å². The minimum atomic E-state index is -0.115. The number of rotatable bonds is 5. The lowest BCUT2D eigenvalue weighted by Crippen LogP contribution is -2.14. The molecule has 0 saturated heterocycles. The lowest BCUT2D eigenvalue weighted by atomic mass is 10.1. The zero-order valence-electron chi connectivity index (χ0n) is 9.40. The van der Waals surface area contributed by atoms with Gasteiger partial charge in [-0.2, -0.15) is 0 Å². The first-order chi connectivity index (χ1) is 7.22. The normalized spacial score (nSPS) is 12.1. The van der Waals surface area contributed by atoms with Crippen molar-refractivity contribution in [3.05, 3.63) is 35.9 Å². The third-order valence-corrected chi connectivity index (χ3v) is 2.30. The summed E-state index contributed by atoms with van der Waals surface area (Å²) in [7, 11) is 0. The van der Waals surface area contributed by atoms with Crippen molar-refractivity contribution < 1.29 is 9.53 Å². The van der Waals surface area contributed by atoms with Gasteiger partial charge in [0.15, 0.2) is 0 Å². The highest BCUT2D eigenvalue weighted by molar-refractivity contribution is 5.69. The molecule has 1 aromatic rings. The van der Waals surface area contributed by atoms with Crippen molar-refractivity contribution in [3.8, 4) is 0 Å². The zero-order chi connectivity index (χ0) is 11.1. The van der Waals surface area contributed by atoms with Crippen LogP contribution in [0.25, 0.3) is 0 Å². The molecule has 2 nitrogen and oxygen atoms in total. The fourth-order valence-corrected chi connectivity index (χ4v) is 1.38. The molecule has 0 saturated carbocycles. The lowest BCUT2D eigenvalue weighted by Gasteiger charge is -2.12. The van der Waals surface area contributed by atoms with Gasteiger partial charge in [0.25, 0.3) is 0 Å². The van der Waals surface area contributed by atoms with E-state index >= 15 is 0 Å². The minimum Gasteiger partial charge on any atom is -0.463 e. The quantitative estimate of drug-likeness (QED) is 0.692. The number of carbonyl (C=O) groups excluding carboxylic acids is 1. The van der Waals surface area contributed by atoms with Crippen LogP contribution < -0.4 is 0 Å². The van der Waals surface area contributed by atoms with Gasteiger partial charge in [0.2, 0.25) is 0 Å². The van der Waals surface area contributed by atoms with E-state index in [1.165, 1.54) is 5.56 Å². The number of carbonyl (C=O) groups is 1. The Morgan fingerprint density at radius 1 is 1.33 bits per heavy atom. The van der Waals surface area contributed by atoms with E-state index < -0.39 is 0 Å². The predicted octanol–water partition coefficient (Wildman–Crippen LogP) is 2.96. The monoisotopic (exact) mass is 206 g/mol. The average Bonchev–Trinajstić information content (AvgIpc) is 2.27. The van der Waals surface area contributed by atoms with E-state index in [9.17, 15) is 4.79 Å². The van der Waals surface area contributed by atoms with Crippen molar-refractivity contribution in [3.63, 3.8) is 0 Å². The summed E-state index contributed by atoms with van der Waals surface area (Å²) in [5.41, 5.74) is 1.29. The summed E-state index contributed by atoms with van der Waals surface area (Å²) in [5, 5.41) is 0. The van der Waals surface area contributed by atoms with Gasteiger partial charge in [-0.15, -0.1) is 0 Å². The Kier molecular flexibility index (Phi) is 4.88. The average molecular weight is 206 g/mol. The number of benzene rings is 1. The molecule has 0 bridgehead atoms. The lowest BCUT2D eigenvalue weighted by molar-refractivity contribution is -0.148. The second-order valence-electron chi connectivity index (χ2n) is 3.68. The Balaban J connectivity index is 2.28. The second-order valence-corrected chi connectivity index (χ2v) is 3.68. The molecule has 0 N–H and O–H groups in total. The number of aryl methyl sites for hydroxylation is 1. The van der Waals surface area contributed by atoms with Gasteiger partial charge >= 0.3 is 5.97 Å². The molecule has 2 heteroatoms. The molecule has 0 heterocycles. The highest BCUT2D eigenvalue weighted by Crippen LogP contribution is 2.07. The van der Waals surface area contributed by atoms with Crippen LogP contribution in [-0.4, -0.2) is 12.1 Å². The molecule has 0 spiro atoms. The summed E-state index contributed by atoms with van der Waals surface area (Å²) in [4.78, 5) is 11.0. The molecule has 15 heavy (non-hydrogen) atoms. The van der Waals surface area contributed by atoms with Crippen molar-refractivity contribution in [2.45, 2.75) is 39.2 Å². The molecule has 1 unspecified atom stereocenters. The molecular formula is C13H18O2. The van der Waals surface area contributed by atoms with Crippen molar-refractivity contribution >= 4 is 5.97 Å². The summed E-state index contributed by atoms with van der Waals surface area (Å²) < 4.78 is 5.18. The highest BCUT2D eigenvalue weighted by atomic mass is 16.5. The van der Waals surface area contributed by atoms with Crippen molar-refractivity contribution in [1.29, 1.82) is 0 Å². The van der Waals surface area contributed by atoms with Crippen LogP contribution >= 0.6 is 0 Å². The van der Waals surface area contributed by atoms with Gasteiger partial charge in [0.1, 0.15) is 0 Å². The summed E-state index contributed by atoms with van der Waals surface area (Å²) in [6, 6.07) is 10.2. The third-order valence-electron chi connectivity index (χ3n) is 2.30. The fraction of sp³-hybridized carbons (Fsp3) is 0.462. The van der Waals surface area contributed by atoms with Crippen LogP contribution in [0.4, 0.5) is 0 Å². The molecular weight excluding hydrogens is 188 g/mol. The number of hydrogen-bond acceptors (Lipinski definition) is 2. The van der Waals surface area contributed by atoms with E-state index in [1.54, 1.807) is 0 Å². The summed E-state index contributed by atoms with van der Waals surface area (Å²) in [6.07, 6.45) is 2.31. The number of hydrogen-bond donors (Lipinski definition) is 0. The van der Waals surface area contributed by atoms with Crippen molar-refractivity contribution in [2.75, 3.05) is 0 Å². The molecule has 0 aromatic heterocycles. The molecule has 1 rings (SSSR count). The van der Waals surface area contributed by atoms with Crippen molar-refractivity contribution in [1.82, 2.24) is 0 Å². The Morgan fingerprint density at radius 3 is 2.60 bits per heavy atom. The van der Waals surface area contributed by atoms with Gasteiger partial charge in [-0.3, -0.25) is 4.79 Å². The van der Waals surface area contributed by atoms with Gasteiger partial charge in [-0.25, -0.2) is 0 Å². The van der Waals surface area contributed by atoms with Gasteiger partial charge < -0.3 is 4.74 Å². The Labute approximate surface area is 91.3 Å². The molecule has 1 atom stereocenters. The van der Waals surface area contributed by atoms with E-state index in [4.69, 9.17) is 4.74 Å². The highest BCUT2D eigenvalue weighted by Gasteiger charge is 2.07. The molecule has 82 valence electrons. The minimum absolute atomic E-state index is 0.0117. The van der Waals surface area contributed by atoms with Gasteiger partial charge in [-0.05, 0) is 25.3 Å². The van der Waals surface area contributed by atoms with Crippen LogP contribution in [0, 0.1) is 0 Å². The van der Waals surface area contributed by atoms with E-state index in [-0.39, 0.29) is 12.1 Å². The van der Waals surface area contributed by atoms with Gasteiger partial charge in [0.05, 0.1) is 6.10 Å². The van der Waals surface area contributed by atoms with E-state index in [1.807, 2.05) is 32.0 Å². The van der Waals surface area contributed by atoms with Crippen LogP contribution in [0.3, 0.4) is 0 Å². The molecule has 0 aliphatic rings. The SMILES string of the molecule is CCC(=O)OC(C)CCc1ccccc1. The molecule has 0 aliphatic heterocycles. The maximum atomic E-state index is 11.0. The Bertz CT molecular complexity index is 293. The first-order valence-electron chi connectivity index (χ1n) is 5.45. The summed E-state index contributed by atoms with van der Waals surface area (Å²) >= 11 is 0. The summed E-state index contributed by atoms with van der Waals surface area (Å²) in [5.74, 6) is -0.115. The van der Waals surface area contributed by atoms with Crippen LogP contribution in [0.1, 0.15) is 32.3 Å². The number of ether oxygens (including phenoxy) is 1. The smallest absolute Gasteiger partial charge is 0.305 e. The van der Waals surface area contributed by atoms with Crippen LogP contribution in [-0.2, 0) is 16.0 Å². The topological polar surface area (TPSA) is 26.3 Å². The van der Waals surface area contributed by atoms with Gasteiger partial charge in [-0.1, -0.05) is 37.3 Å². The van der Waals surface area contributed by atoms with Crippen LogP contribution in [0.15, 0.2) is 30.3 Å².